The summed E-state index contributed by atoms with van der Waals surface area (Å²) in [6.07, 6.45) is -0.227. The summed E-state index contributed by atoms with van der Waals surface area (Å²) in [5.41, 5.74) is 2.36. The van der Waals surface area contributed by atoms with E-state index in [1.807, 2.05) is 0 Å². The first-order valence-electron chi connectivity index (χ1n) is 12.6. The third-order valence-electron chi connectivity index (χ3n) is 7.14. The van der Waals surface area contributed by atoms with Gasteiger partial charge in [-0.3, -0.25) is 19.7 Å². The van der Waals surface area contributed by atoms with E-state index in [1.54, 1.807) is 66.1 Å². The van der Waals surface area contributed by atoms with Crippen molar-refractivity contribution in [3.8, 4) is 16.9 Å². The number of nitrogens with zero attached hydrogens (tertiary/aromatic N) is 1. The van der Waals surface area contributed by atoms with Crippen molar-refractivity contribution in [2.45, 2.75) is 24.3 Å². The van der Waals surface area contributed by atoms with Crippen LogP contribution in [0.15, 0.2) is 83.8 Å². The van der Waals surface area contributed by atoms with Gasteiger partial charge in [0, 0.05) is 39.3 Å². The highest BCUT2D eigenvalue weighted by atomic mass is 35.5. The molecule has 3 amide bonds. The molecule has 0 saturated heterocycles. The highest BCUT2D eigenvalue weighted by molar-refractivity contribution is 7.90. The molecule has 4 aromatic carbocycles. The topological polar surface area (TPSA) is 135 Å². The molecule has 0 saturated carbocycles. The molecule has 41 heavy (non-hydrogen) atoms. The zero-order chi connectivity index (χ0) is 29.1. The zero-order valence-corrected chi connectivity index (χ0v) is 23.1. The normalized spacial score (nSPS) is 13.8. The summed E-state index contributed by atoms with van der Waals surface area (Å²) in [7, 11) is -4.08. The molecule has 1 unspecified atom stereocenters. The predicted octanol–water partition coefficient (Wildman–Crippen LogP) is 5.16. The lowest BCUT2D eigenvalue weighted by atomic mass is 9.93. The number of amides is 3. The van der Waals surface area contributed by atoms with Gasteiger partial charge in [0.25, 0.3) is 21.8 Å². The van der Waals surface area contributed by atoms with E-state index in [1.165, 1.54) is 24.3 Å². The van der Waals surface area contributed by atoms with Crippen molar-refractivity contribution in [1.29, 1.82) is 0 Å². The van der Waals surface area contributed by atoms with Gasteiger partial charge in [-0.05, 0) is 55.0 Å². The Morgan fingerprint density at radius 1 is 0.927 bits per heavy atom. The summed E-state index contributed by atoms with van der Waals surface area (Å²) in [4.78, 5) is 39.2. The maximum absolute atomic E-state index is 13.2. The molecule has 0 bridgehead atoms. The van der Waals surface area contributed by atoms with Gasteiger partial charge in [-0.15, -0.1) is 0 Å². The SMILES string of the molecule is CC(CC(=O)NS(=O)(=O)c1ccccc1)n1c2ccc(O)cc2c2c3c(c(-c4ccccc4Cl)cc21)C(=O)NC3=O. The van der Waals surface area contributed by atoms with E-state index in [2.05, 4.69) is 10.0 Å². The molecule has 2 heterocycles. The minimum atomic E-state index is -4.08. The van der Waals surface area contributed by atoms with Crippen molar-refractivity contribution < 1.29 is 27.9 Å². The van der Waals surface area contributed by atoms with Crippen molar-refractivity contribution in [3.63, 3.8) is 0 Å². The molecular weight excluding hydrogens is 566 g/mol. The molecule has 206 valence electrons. The van der Waals surface area contributed by atoms with Gasteiger partial charge >= 0.3 is 0 Å². The Balaban J connectivity index is 1.54. The molecule has 1 aliphatic rings. The van der Waals surface area contributed by atoms with Gasteiger partial charge in [0.05, 0.1) is 21.5 Å². The summed E-state index contributed by atoms with van der Waals surface area (Å²) < 4.78 is 29.4. The summed E-state index contributed by atoms with van der Waals surface area (Å²) >= 11 is 6.51. The second kappa shape index (κ2) is 9.76. The molecule has 11 heteroatoms. The molecule has 0 aliphatic carbocycles. The lowest BCUT2D eigenvalue weighted by Gasteiger charge is -2.18. The average molecular weight is 588 g/mol. The first-order valence-corrected chi connectivity index (χ1v) is 14.5. The number of phenolic OH excluding ortho intramolecular Hbond substituents is 1. The quantitative estimate of drug-likeness (QED) is 0.235. The molecule has 0 fully saturated rings. The fourth-order valence-corrected chi connectivity index (χ4v) is 6.72. The van der Waals surface area contributed by atoms with Gasteiger partial charge in [0.2, 0.25) is 5.91 Å². The number of rotatable bonds is 6. The Hall–Kier alpha value is -4.67. The largest absolute Gasteiger partial charge is 0.508 e. The van der Waals surface area contributed by atoms with Crippen molar-refractivity contribution in [3.05, 3.63) is 95.0 Å². The minimum absolute atomic E-state index is 0.0380. The Bertz CT molecular complexity index is 2040. The Morgan fingerprint density at radius 3 is 2.34 bits per heavy atom. The number of fused-ring (bicyclic) bond motifs is 5. The average Bonchev–Trinajstić information content (AvgIpc) is 3.41. The number of sulfonamides is 1. The van der Waals surface area contributed by atoms with Crippen LogP contribution in [-0.4, -0.2) is 35.8 Å². The third-order valence-corrected chi connectivity index (χ3v) is 8.86. The number of halogens is 1. The smallest absolute Gasteiger partial charge is 0.264 e. The van der Waals surface area contributed by atoms with Crippen LogP contribution in [0, 0.1) is 0 Å². The van der Waals surface area contributed by atoms with E-state index in [-0.39, 0.29) is 28.2 Å². The molecule has 0 radical (unpaired) electrons. The van der Waals surface area contributed by atoms with Crippen molar-refractivity contribution in [2.24, 2.45) is 0 Å². The summed E-state index contributed by atoms with van der Waals surface area (Å²) in [5.74, 6) is -1.94. The molecule has 1 atom stereocenters. The number of aromatic nitrogens is 1. The standard InChI is InChI=1S/C30H22ClN3O6S/c1-16(13-25(36)33-41(39,40)18-7-3-2-4-8-18)34-23-12-11-17(35)14-21(23)26-24(34)15-20(19-9-5-6-10-22(19)31)27-28(26)30(38)32-29(27)37/h2-12,14-16,35H,13H2,1H3,(H,33,36)(H,32,37,38). The molecule has 1 aromatic heterocycles. The molecule has 6 rings (SSSR count). The van der Waals surface area contributed by atoms with Crippen LogP contribution in [-0.2, 0) is 14.8 Å². The fraction of sp³-hybridized carbons (Fsp3) is 0.100. The molecule has 5 aromatic rings. The van der Waals surface area contributed by atoms with Gasteiger partial charge < -0.3 is 9.67 Å². The van der Waals surface area contributed by atoms with Gasteiger partial charge in [-0.2, -0.15) is 0 Å². The number of carbonyl (C=O) groups is 3. The molecule has 0 spiro atoms. The number of hydrogen-bond donors (Lipinski definition) is 3. The molecule has 9 nitrogen and oxygen atoms in total. The molecule has 1 aliphatic heterocycles. The van der Waals surface area contributed by atoms with Crippen LogP contribution >= 0.6 is 11.6 Å². The first kappa shape index (κ1) is 26.5. The van der Waals surface area contributed by atoms with Crippen LogP contribution in [0.5, 0.6) is 5.75 Å². The van der Waals surface area contributed by atoms with E-state index in [0.717, 1.165) is 0 Å². The number of nitrogens with one attached hydrogen (secondary N) is 2. The number of imide groups is 1. The van der Waals surface area contributed by atoms with Gasteiger partial charge in [-0.1, -0.05) is 48.0 Å². The van der Waals surface area contributed by atoms with Crippen molar-refractivity contribution in [2.75, 3.05) is 0 Å². The van der Waals surface area contributed by atoms with Gasteiger partial charge in [0.1, 0.15) is 5.75 Å². The fourth-order valence-electron chi connectivity index (χ4n) is 5.46. The molecular formula is C30H22ClN3O6S. The Morgan fingerprint density at radius 2 is 1.61 bits per heavy atom. The summed E-state index contributed by atoms with van der Waals surface area (Å²) in [6.45, 7) is 1.74. The zero-order valence-electron chi connectivity index (χ0n) is 21.5. The lowest BCUT2D eigenvalue weighted by molar-refractivity contribution is -0.119. The minimum Gasteiger partial charge on any atom is -0.508 e. The lowest BCUT2D eigenvalue weighted by Crippen LogP contribution is -2.32. The first-order chi connectivity index (χ1) is 19.6. The van der Waals surface area contributed by atoms with Crippen LogP contribution < -0.4 is 10.0 Å². The number of aromatic hydroxyl groups is 1. The number of benzene rings is 4. The second-order valence-electron chi connectivity index (χ2n) is 9.80. The number of carbonyl (C=O) groups excluding carboxylic acids is 3. The summed E-state index contributed by atoms with van der Waals surface area (Å²) in [6, 6.07) is 20.2. The van der Waals surface area contributed by atoms with Crippen molar-refractivity contribution in [1.82, 2.24) is 14.6 Å². The van der Waals surface area contributed by atoms with E-state index in [4.69, 9.17) is 11.6 Å². The maximum atomic E-state index is 13.2. The Kier molecular flexibility index (Phi) is 6.32. The summed E-state index contributed by atoms with van der Waals surface area (Å²) in [5, 5.41) is 14.0. The molecule has 3 N–H and O–H groups in total. The van der Waals surface area contributed by atoms with E-state index < -0.39 is 33.8 Å². The van der Waals surface area contributed by atoms with Crippen LogP contribution in [0.25, 0.3) is 32.9 Å². The van der Waals surface area contributed by atoms with Crippen LogP contribution in [0.1, 0.15) is 40.1 Å². The Labute approximate surface area is 239 Å². The van der Waals surface area contributed by atoms with Crippen LogP contribution in [0.2, 0.25) is 5.02 Å². The highest BCUT2D eigenvalue weighted by Gasteiger charge is 2.35. The van der Waals surface area contributed by atoms with E-state index in [0.29, 0.717) is 38.0 Å². The van der Waals surface area contributed by atoms with Gasteiger partial charge in [-0.25, -0.2) is 13.1 Å². The highest BCUT2D eigenvalue weighted by Crippen LogP contribution is 2.43. The maximum Gasteiger partial charge on any atom is 0.264 e. The van der Waals surface area contributed by atoms with Crippen molar-refractivity contribution >= 4 is 61.2 Å². The third kappa shape index (κ3) is 4.41. The number of phenols is 1. The van der Waals surface area contributed by atoms with E-state index >= 15 is 0 Å². The van der Waals surface area contributed by atoms with Crippen LogP contribution in [0.4, 0.5) is 0 Å². The predicted molar refractivity (Wildman–Crippen MR) is 154 cm³/mol. The monoisotopic (exact) mass is 587 g/mol. The number of hydrogen-bond acceptors (Lipinski definition) is 6. The van der Waals surface area contributed by atoms with Gasteiger partial charge in [0.15, 0.2) is 0 Å². The van der Waals surface area contributed by atoms with E-state index in [9.17, 15) is 27.9 Å². The van der Waals surface area contributed by atoms with Crippen LogP contribution in [0.3, 0.4) is 0 Å². The second-order valence-corrected chi connectivity index (χ2v) is 11.9.